The van der Waals surface area contributed by atoms with Gasteiger partial charge in [0, 0.05) is 12.4 Å². The summed E-state index contributed by atoms with van der Waals surface area (Å²) in [5.74, 6) is 0. The molecule has 0 aromatic carbocycles. The van der Waals surface area contributed by atoms with Crippen molar-refractivity contribution < 1.29 is 4.79 Å². The molecular weight excluding hydrogens is 152 g/mol. The summed E-state index contributed by atoms with van der Waals surface area (Å²) in [6.07, 6.45) is 4.87. The number of nitrogens with zero attached hydrogens (tertiary/aromatic N) is 2. The minimum absolute atomic E-state index is 0.316. The number of carbonyl (C=O) groups excluding carboxylic acids is 1. The first-order chi connectivity index (χ1) is 4.72. The van der Waals surface area contributed by atoms with Crippen molar-refractivity contribution in [3.05, 3.63) is 18.7 Å². The lowest BCUT2D eigenvalue weighted by molar-refractivity contribution is -0.114. The molecule has 1 atom stereocenters. The van der Waals surface area contributed by atoms with Gasteiger partial charge < -0.3 is 4.57 Å². The van der Waals surface area contributed by atoms with E-state index in [0.29, 0.717) is 0 Å². The maximum absolute atomic E-state index is 10.6. The lowest BCUT2D eigenvalue weighted by Gasteiger charge is -2.05. The number of aromatic nitrogens is 2. The van der Waals surface area contributed by atoms with E-state index in [1.165, 1.54) is 0 Å². The van der Waals surface area contributed by atoms with Crippen LogP contribution in [-0.4, -0.2) is 14.8 Å². The molecule has 0 bridgehead atoms. The first-order valence-corrected chi connectivity index (χ1v) is 3.26. The van der Waals surface area contributed by atoms with Crippen LogP contribution in [0.1, 0.15) is 13.0 Å². The minimum Gasteiger partial charge on any atom is -0.326 e. The molecule has 4 heteroatoms. The summed E-state index contributed by atoms with van der Waals surface area (Å²) in [6, 6.07) is -0.316. The summed E-state index contributed by atoms with van der Waals surface area (Å²) < 4.78 is 1.65. The van der Waals surface area contributed by atoms with E-state index in [2.05, 4.69) is 4.98 Å². The molecule has 0 amide bonds. The molecule has 0 spiro atoms. The van der Waals surface area contributed by atoms with Crippen LogP contribution in [0.25, 0.3) is 0 Å². The van der Waals surface area contributed by atoms with Crippen molar-refractivity contribution in [2.75, 3.05) is 0 Å². The molecule has 54 valence electrons. The van der Waals surface area contributed by atoms with Gasteiger partial charge in [-0.15, -0.1) is 0 Å². The molecule has 0 N–H and O–H groups in total. The zero-order chi connectivity index (χ0) is 7.56. The number of rotatable bonds is 2. The van der Waals surface area contributed by atoms with Gasteiger partial charge in [-0.1, -0.05) is 0 Å². The maximum atomic E-state index is 10.6. The molecule has 0 aliphatic rings. The van der Waals surface area contributed by atoms with Crippen LogP contribution < -0.4 is 0 Å². The smallest absolute Gasteiger partial charge is 0.244 e. The van der Waals surface area contributed by atoms with Gasteiger partial charge in [-0.3, -0.25) is 4.79 Å². The van der Waals surface area contributed by atoms with Crippen molar-refractivity contribution in [1.29, 1.82) is 0 Å². The first-order valence-electron chi connectivity index (χ1n) is 2.88. The number of carbonyl (C=O) groups is 1. The van der Waals surface area contributed by atoms with E-state index in [1.54, 1.807) is 30.2 Å². The summed E-state index contributed by atoms with van der Waals surface area (Å²) in [4.78, 5) is 14.3. The molecule has 0 aliphatic carbocycles. The van der Waals surface area contributed by atoms with Gasteiger partial charge in [0.15, 0.2) is 0 Å². The Morgan fingerprint density at radius 2 is 2.50 bits per heavy atom. The SMILES string of the molecule is CC(C(=O)Cl)n1ccnc1. The second-order valence-corrected chi connectivity index (χ2v) is 2.36. The molecule has 10 heavy (non-hydrogen) atoms. The Hall–Kier alpha value is -0.830. The maximum Gasteiger partial charge on any atom is 0.244 e. The van der Waals surface area contributed by atoms with E-state index in [4.69, 9.17) is 11.6 Å². The third-order valence-electron chi connectivity index (χ3n) is 1.30. The molecular formula is C6H7ClN2O. The van der Waals surface area contributed by atoms with E-state index in [1.807, 2.05) is 0 Å². The fourth-order valence-electron chi connectivity index (χ4n) is 0.616. The topological polar surface area (TPSA) is 34.9 Å². The number of imidazole rings is 1. The Kier molecular flexibility index (Phi) is 2.06. The molecule has 1 aromatic rings. The lowest BCUT2D eigenvalue weighted by Crippen LogP contribution is -2.08. The molecule has 1 heterocycles. The Balaban J connectivity index is 2.77. The molecule has 0 radical (unpaired) electrons. The molecule has 1 rings (SSSR count). The molecule has 0 saturated heterocycles. The van der Waals surface area contributed by atoms with Crippen molar-refractivity contribution in [3.8, 4) is 0 Å². The third-order valence-corrected chi connectivity index (χ3v) is 1.62. The van der Waals surface area contributed by atoms with Crippen LogP contribution in [0.5, 0.6) is 0 Å². The highest BCUT2D eigenvalue weighted by molar-refractivity contribution is 6.64. The zero-order valence-electron chi connectivity index (χ0n) is 5.49. The molecule has 3 nitrogen and oxygen atoms in total. The summed E-state index contributed by atoms with van der Waals surface area (Å²) >= 11 is 5.23. The largest absolute Gasteiger partial charge is 0.326 e. The molecule has 1 unspecified atom stereocenters. The highest BCUT2D eigenvalue weighted by Gasteiger charge is 2.09. The van der Waals surface area contributed by atoms with Crippen LogP contribution in [0.4, 0.5) is 0 Å². The van der Waals surface area contributed by atoms with Gasteiger partial charge >= 0.3 is 0 Å². The van der Waals surface area contributed by atoms with Crippen molar-refractivity contribution >= 4 is 16.8 Å². The van der Waals surface area contributed by atoms with Gasteiger partial charge in [0.2, 0.25) is 5.24 Å². The van der Waals surface area contributed by atoms with Crippen LogP contribution in [0.3, 0.4) is 0 Å². The summed E-state index contributed by atoms with van der Waals surface area (Å²) in [5.41, 5.74) is 0. The van der Waals surface area contributed by atoms with Gasteiger partial charge in [-0.2, -0.15) is 0 Å². The number of halogens is 1. The van der Waals surface area contributed by atoms with E-state index in [9.17, 15) is 4.79 Å². The molecule has 1 aromatic heterocycles. The second kappa shape index (κ2) is 2.84. The number of hydrogen-bond acceptors (Lipinski definition) is 2. The van der Waals surface area contributed by atoms with E-state index in [-0.39, 0.29) is 11.3 Å². The van der Waals surface area contributed by atoms with Gasteiger partial charge in [0.05, 0.1) is 6.33 Å². The average Bonchev–Trinajstić information content (AvgIpc) is 2.36. The van der Waals surface area contributed by atoms with Gasteiger partial charge in [0.1, 0.15) is 6.04 Å². The highest BCUT2D eigenvalue weighted by Crippen LogP contribution is 2.07. The first kappa shape index (κ1) is 7.28. The predicted octanol–water partition coefficient (Wildman–Crippen LogP) is 1.21. The Bertz CT molecular complexity index is 220. The average molecular weight is 159 g/mol. The fraction of sp³-hybridized carbons (Fsp3) is 0.333. The van der Waals surface area contributed by atoms with Crippen LogP contribution in [0.15, 0.2) is 18.7 Å². The van der Waals surface area contributed by atoms with Crippen molar-refractivity contribution in [3.63, 3.8) is 0 Å². The highest BCUT2D eigenvalue weighted by atomic mass is 35.5. The Morgan fingerprint density at radius 1 is 1.80 bits per heavy atom. The second-order valence-electron chi connectivity index (χ2n) is 1.99. The Labute approximate surface area is 63.6 Å². The van der Waals surface area contributed by atoms with E-state index in [0.717, 1.165) is 0 Å². The van der Waals surface area contributed by atoms with Gasteiger partial charge in [-0.05, 0) is 18.5 Å². The number of hydrogen-bond donors (Lipinski definition) is 0. The van der Waals surface area contributed by atoms with E-state index >= 15 is 0 Å². The monoisotopic (exact) mass is 158 g/mol. The quantitative estimate of drug-likeness (QED) is 0.607. The van der Waals surface area contributed by atoms with Gasteiger partial charge in [-0.25, -0.2) is 4.98 Å². The summed E-state index contributed by atoms with van der Waals surface area (Å²) in [6.45, 7) is 1.72. The summed E-state index contributed by atoms with van der Waals surface area (Å²) in [5, 5.41) is -0.377. The van der Waals surface area contributed by atoms with Crippen LogP contribution >= 0.6 is 11.6 Å². The molecule has 0 fully saturated rings. The molecule has 0 saturated carbocycles. The standard InChI is InChI=1S/C6H7ClN2O/c1-5(6(7)10)9-3-2-8-4-9/h2-5H,1H3. The summed E-state index contributed by atoms with van der Waals surface area (Å²) in [7, 11) is 0. The predicted molar refractivity (Wildman–Crippen MR) is 37.8 cm³/mol. The van der Waals surface area contributed by atoms with Crippen LogP contribution in [0, 0.1) is 0 Å². The van der Waals surface area contributed by atoms with Crippen molar-refractivity contribution in [2.24, 2.45) is 0 Å². The fourth-order valence-corrected chi connectivity index (χ4v) is 0.728. The minimum atomic E-state index is -0.377. The zero-order valence-corrected chi connectivity index (χ0v) is 6.25. The van der Waals surface area contributed by atoms with Crippen molar-refractivity contribution in [1.82, 2.24) is 9.55 Å². The molecule has 0 aliphatic heterocycles. The Morgan fingerprint density at radius 3 is 2.90 bits per heavy atom. The van der Waals surface area contributed by atoms with Gasteiger partial charge in [0.25, 0.3) is 0 Å². The van der Waals surface area contributed by atoms with Crippen LogP contribution in [0.2, 0.25) is 0 Å². The van der Waals surface area contributed by atoms with E-state index < -0.39 is 0 Å². The third kappa shape index (κ3) is 1.36. The van der Waals surface area contributed by atoms with Crippen molar-refractivity contribution in [2.45, 2.75) is 13.0 Å². The lowest BCUT2D eigenvalue weighted by atomic mass is 10.4. The van der Waals surface area contributed by atoms with Crippen LogP contribution in [-0.2, 0) is 4.79 Å². The normalized spacial score (nSPS) is 13.0.